The number of primary amides is 1. The largest absolute Gasteiger partial charge is 0.370 e. The van der Waals surface area contributed by atoms with Crippen LogP contribution in [0.2, 0.25) is 0 Å². The zero-order chi connectivity index (χ0) is 22.6. The quantitative estimate of drug-likeness (QED) is 0.605. The van der Waals surface area contributed by atoms with Gasteiger partial charge in [0.05, 0.1) is 11.8 Å². The van der Waals surface area contributed by atoms with Gasteiger partial charge in [0.25, 0.3) is 0 Å². The third kappa shape index (κ3) is 2.86. The van der Waals surface area contributed by atoms with Crippen molar-refractivity contribution in [2.24, 2.45) is 17.6 Å². The molecule has 0 saturated carbocycles. The lowest BCUT2D eigenvalue weighted by atomic mass is 9.76. The maximum absolute atomic E-state index is 13.6. The lowest BCUT2D eigenvalue weighted by Crippen LogP contribution is -2.53. The Kier molecular flexibility index (Phi) is 4.63. The molecular weight excluding hydrogens is 408 g/mol. The van der Waals surface area contributed by atoms with E-state index in [1.165, 1.54) is 4.90 Å². The van der Waals surface area contributed by atoms with Crippen molar-refractivity contribution in [1.82, 2.24) is 10.2 Å². The van der Waals surface area contributed by atoms with Gasteiger partial charge in [-0.1, -0.05) is 48.0 Å². The Hall–Kier alpha value is -3.52. The summed E-state index contributed by atoms with van der Waals surface area (Å²) in [6, 6.07) is 14.4. The van der Waals surface area contributed by atoms with Gasteiger partial charge in [-0.05, 0) is 25.0 Å². The van der Waals surface area contributed by atoms with Gasteiger partial charge >= 0.3 is 0 Å². The van der Waals surface area contributed by atoms with E-state index in [0.717, 1.165) is 11.1 Å². The van der Waals surface area contributed by atoms with Crippen molar-refractivity contribution in [2.75, 3.05) is 11.9 Å². The number of fused-ring (bicyclic) bond motifs is 4. The number of hydrogen-bond acceptors (Lipinski definition) is 5. The van der Waals surface area contributed by atoms with Crippen molar-refractivity contribution >= 4 is 29.3 Å². The van der Waals surface area contributed by atoms with Crippen LogP contribution in [-0.4, -0.2) is 41.1 Å². The molecule has 164 valence electrons. The molecule has 0 aliphatic carbocycles. The Bertz CT molecular complexity index is 1150. The molecule has 3 aliphatic rings. The van der Waals surface area contributed by atoms with Crippen LogP contribution in [0.4, 0.5) is 5.69 Å². The minimum Gasteiger partial charge on any atom is -0.370 e. The first-order valence-corrected chi connectivity index (χ1v) is 10.7. The molecule has 0 unspecified atom stereocenters. The summed E-state index contributed by atoms with van der Waals surface area (Å²) in [4.78, 5) is 53.4. The molecular formula is C24H24N4O4. The average Bonchev–Trinajstić information content (AvgIpc) is 3.32. The van der Waals surface area contributed by atoms with Gasteiger partial charge in [-0.25, -0.2) is 0 Å². The maximum atomic E-state index is 13.6. The van der Waals surface area contributed by atoms with Crippen LogP contribution in [0.1, 0.15) is 23.1 Å². The molecule has 8 nitrogen and oxygen atoms in total. The first kappa shape index (κ1) is 20.4. The van der Waals surface area contributed by atoms with E-state index in [4.69, 9.17) is 5.73 Å². The molecule has 2 saturated heterocycles. The van der Waals surface area contributed by atoms with Gasteiger partial charge in [-0.15, -0.1) is 0 Å². The van der Waals surface area contributed by atoms with Gasteiger partial charge in [0.2, 0.25) is 23.6 Å². The minimum absolute atomic E-state index is 0.136. The Morgan fingerprint density at radius 1 is 1.09 bits per heavy atom. The fourth-order valence-electron chi connectivity index (χ4n) is 5.47. The summed E-state index contributed by atoms with van der Waals surface area (Å²) in [5.74, 6) is -3.49. The second-order valence-electron chi connectivity index (χ2n) is 8.80. The third-order valence-corrected chi connectivity index (χ3v) is 6.85. The van der Waals surface area contributed by atoms with E-state index in [0.29, 0.717) is 17.7 Å². The number of amides is 4. The van der Waals surface area contributed by atoms with E-state index in [-0.39, 0.29) is 30.7 Å². The summed E-state index contributed by atoms with van der Waals surface area (Å²) >= 11 is 0. The standard InChI is InChI=1S/C24H24N4O4/c1-13-7-8-16-15(11-13)24(23(32)26-16)20-19(17(27-24)12-18(25)29)21(30)28(22(20)31)10-9-14-5-3-2-4-6-14/h2-8,11,17,19-20,27H,9-10,12H2,1H3,(H2,25,29)(H,26,32)/t17-,19+,20+,24-/m0/s1. The number of nitrogens with zero attached hydrogens (tertiary/aromatic N) is 1. The summed E-state index contributed by atoms with van der Waals surface area (Å²) in [5, 5.41) is 6.06. The van der Waals surface area contributed by atoms with E-state index in [2.05, 4.69) is 10.6 Å². The normalized spacial score (nSPS) is 28.2. The fourth-order valence-corrected chi connectivity index (χ4v) is 5.47. The maximum Gasteiger partial charge on any atom is 0.250 e. The molecule has 0 radical (unpaired) electrons. The Balaban J connectivity index is 1.55. The molecule has 0 aromatic heterocycles. The number of rotatable bonds is 5. The number of aryl methyl sites for hydroxylation is 1. The highest BCUT2D eigenvalue weighted by molar-refractivity contribution is 6.15. The number of likely N-dealkylation sites (tertiary alicyclic amines) is 1. The van der Waals surface area contributed by atoms with Gasteiger partial charge in [0, 0.05) is 30.3 Å². The van der Waals surface area contributed by atoms with Crippen LogP contribution in [0.5, 0.6) is 0 Å². The van der Waals surface area contributed by atoms with Gasteiger partial charge in [-0.3, -0.25) is 29.4 Å². The minimum atomic E-state index is -1.40. The number of carbonyl (C=O) groups is 4. The Labute approximate surface area is 185 Å². The van der Waals surface area contributed by atoms with Crippen molar-refractivity contribution in [3.63, 3.8) is 0 Å². The predicted molar refractivity (Wildman–Crippen MR) is 116 cm³/mol. The molecule has 3 heterocycles. The second kappa shape index (κ2) is 7.27. The van der Waals surface area contributed by atoms with Crippen molar-refractivity contribution in [2.45, 2.75) is 31.3 Å². The van der Waals surface area contributed by atoms with Crippen LogP contribution in [0, 0.1) is 18.8 Å². The molecule has 8 heteroatoms. The van der Waals surface area contributed by atoms with Crippen molar-refractivity contribution in [3.05, 3.63) is 65.2 Å². The lowest BCUT2D eigenvalue weighted by Gasteiger charge is -2.29. The molecule has 3 aliphatic heterocycles. The predicted octanol–water partition coefficient (Wildman–Crippen LogP) is 0.834. The molecule has 32 heavy (non-hydrogen) atoms. The van der Waals surface area contributed by atoms with Gasteiger partial charge < -0.3 is 11.1 Å². The highest BCUT2D eigenvalue weighted by Gasteiger charge is 2.70. The van der Waals surface area contributed by atoms with Crippen LogP contribution in [0.3, 0.4) is 0 Å². The Morgan fingerprint density at radius 2 is 1.84 bits per heavy atom. The monoisotopic (exact) mass is 432 g/mol. The highest BCUT2D eigenvalue weighted by Crippen LogP contribution is 2.53. The summed E-state index contributed by atoms with van der Waals surface area (Å²) in [7, 11) is 0. The van der Waals surface area contributed by atoms with E-state index in [1.54, 1.807) is 6.07 Å². The molecule has 4 N–H and O–H groups in total. The summed E-state index contributed by atoms with van der Waals surface area (Å²) in [5.41, 5.74) is 7.22. The van der Waals surface area contributed by atoms with Crippen LogP contribution in [0.15, 0.2) is 48.5 Å². The Morgan fingerprint density at radius 3 is 2.56 bits per heavy atom. The second-order valence-corrected chi connectivity index (χ2v) is 8.80. The van der Waals surface area contributed by atoms with Crippen molar-refractivity contribution in [1.29, 1.82) is 0 Å². The number of anilines is 1. The van der Waals surface area contributed by atoms with E-state index >= 15 is 0 Å². The number of nitrogens with two attached hydrogens (primary N) is 1. The first-order chi connectivity index (χ1) is 15.3. The molecule has 5 rings (SSSR count). The van der Waals surface area contributed by atoms with Gasteiger partial charge in [-0.2, -0.15) is 0 Å². The number of nitrogens with one attached hydrogen (secondary N) is 2. The van der Waals surface area contributed by atoms with E-state index in [1.807, 2.05) is 49.4 Å². The smallest absolute Gasteiger partial charge is 0.250 e. The third-order valence-electron chi connectivity index (χ3n) is 6.85. The van der Waals surface area contributed by atoms with Gasteiger partial charge in [0.1, 0.15) is 5.54 Å². The van der Waals surface area contributed by atoms with Crippen molar-refractivity contribution < 1.29 is 19.2 Å². The summed E-state index contributed by atoms with van der Waals surface area (Å²) in [6.07, 6.45) is 0.378. The number of carbonyl (C=O) groups excluding carboxylic acids is 4. The van der Waals surface area contributed by atoms with Crippen LogP contribution >= 0.6 is 0 Å². The van der Waals surface area contributed by atoms with Crippen LogP contribution in [-0.2, 0) is 31.1 Å². The van der Waals surface area contributed by atoms with Gasteiger partial charge in [0.15, 0.2) is 0 Å². The molecule has 4 amide bonds. The van der Waals surface area contributed by atoms with Crippen LogP contribution in [0.25, 0.3) is 0 Å². The highest BCUT2D eigenvalue weighted by atomic mass is 16.2. The SMILES string of the molecule is Cc1ccc2c(c1)[C@@]1(N[C@@H](CC(N)=O)[C@H]3C(=O)N(CCc4ccccc4)C(=O)[C@@H]31)C(=O)N2. The molecule has 0 bridgehead atoms. The van der Waals surface area contributed by atoms with E-state index < -0.39 is 29.3 Å². The molecule has 2 fully saturated rings. The zero-order valence-corrected chi connectivity index (χ0v) is 17.6. The molecule has 2 aromatic rings. The summed E-state index contributed by atoms with van der Waals surface area (Å²) < 4.78 is 0. The summed E-state index contributed by atoms with van der Waals surface area (Å²) in [6.45, 7) is 2.12. The number of imide groups is 1. The van der Waals surface area contributed by atoms with Crippen molar-refractivity contribution in [3.8, 4) is 0 Å². The molecule has 4 atom stereocenters. The zero-order valence-electron chi connectivity index (χ0n) is 17.6. The van der Waals surface area contributed by atoms with E-state index in [9.17, 15) is 19.2 Å². The molecule has 1 spiro atoms. The number of hydrogen-bond donors (Lipinski definition) is 3. The topological polar surface area (TPSA) is 122 Å². The number of benzene rings is 2. The molecule has 2 aromatic carbocycles. The van der Waals surface area contributed by atoms with Crippen LogP contribution < -0.4 is 16.4 Å². The first-order valence-electron chi connectivity index (χ1n) is 10.7. The average molecular weight is 432 g/mol. The fraction of sp³-hybridized carbons (Fsp3) is 0.333. The lowest BCUT2D eigenvalue weighted by molar-refractivity contribution is -0.142.